The monoisotopic (exact) mass is 589 g/mol. The molecule has 1 heterocycles. The molecule has 226 valence electrons. The molecular formula is C34H47N5O2S. The topological polar surface area (TPSA) is 89.8 Å². The van der Waals surface area contributed by atoms with Crippen molar-refractivity contribution in [2.24, 2.45) is 0 Å². The van der Waals surface area contributed by atoms with Crippen LogP contribution in [-0.4, -0.2) is 37.1 Å². The second-order valence-electron chi connectivity index (χ2n) is 11.5. The van der Waals surface area contributed by atoms with Crippen LogP contribution in [0.4, 0.5) is 5.69 Å². The first-order chi connectivity index (χ1) is 20.7. The zero-order chi connectivity index (χ0) is 29.4. The number of anilines is 1. The van der Waals surface area contributed by atoms with Crippen LogP contribution in [0.25, 0.3) is 5.69 Å². The van der Waals surface area contributed by atoms with Gasteiger partial charge in [0.25, 0.3) is 0 Å². The molecule has 1 amide bonds. The number of thioether (sulfide) groups is 1. The maximum atomic E-state index is 13.2. The van der Waals surface area contributed by atoms with Gasteiger partial charge < -0.3 is 5.32 Å². The third-order valence-corrected chi connectivity index (χ3v) is 9.18. The molecule has 1 aliphatic rings. The fraction of sp³-hybridized carbons (Fsp3) is 0.559. The van der Waals surface area contributed by atoms with Gasteiger partial charge in [-0.05, 0) is 53.1 Å². The molecule has 0 saturated heterocycles. The Morgan fingerprint density at radius 3 is 2.12 bits per heavy atom. The second kappa shape index (κ2) is 17.8. The van der Waals surface area contributed by atoms with Crippen LogP contribution in [0.5, 0.6) is 0 Å². The average molecular weight is 590 g/mol. The van der Waals surface area contributed by atoms with E-state index in [1.54, 1.807) is 4.68 Å². The molecule has 0 saturated carbocycles. The Morgan fingerprint density at radius 2 is 1.48 bits per heavy atom. The lowest BCUT2D eigenvalue weighted by molar-refractivity contribution is -0.116. The van der Waals surface area contributed by atoms with Crippen molar-refractivity contribution in [3.8, 4) is 5.69 Å². The number of para-hydroxylation sites is 1. The summed E-state index contributed by atoms with van der Waals surface area (Å²) in [6.45, 7) is 2.27. The van der Waals surface area contributed by atoms with E-state index in [9.17, 15) is 9.59 Å². The van der Waals surface area contributed by atoms with E-state index in [1.807, 2.05) is 48.5 Å². The largest absolute Gasteiger partial charge is 0.326 e. The van der Waals surface area contributed by atoms with E-state index in [4.69, 9.17) is 0 Å². The third kappa shape index (κ3) is 10.1. The minimum atomic E-state index is -0.292. The lowest BCUT2D eigenvalue weighted by Gasteiger charge is -2.08. The minimum absolute atomic E-state index is 0.0167. The summed E-state index contributed by atoms with van der Waals surface area (Å²) < 4.78 is 1.66. The van der Waals surface area contributed by atoms with E-state index in [2.05, 4.69) is 27.8 Å². The van der Waals surface area contributed by atoms with Gasteiger partial charge in [0.1, 0.15) is 0 Å². The molecule has 1 atom stereocenters. The number of tetrazole rings is 1. The number of ketones is 1. The number of aromatic nitrogens is 4. The van der Waals surface area contributed by atoms with E-state index in [-0.39, 0.29) is 16.9 Å². The molecule has 0 spiro atoms. The van der Waals surface area contributed by atoms with Gasteiger partial charge in [0.15, 0.2) is 5.78 Å². The van der Waals surface area contributed by atoms with E-state index < -0.39 is 0 Å². The zero-order valence-electron chi connectivity index (χ0n) is 25.2. The highest BCUT2D eigenvalue weighted by atomic mass is 32.2. The Morgan fingerprint density at radius 1 is 0.857 bits per heavy atom. The molecule has 0 fully saturated rings. The maximum absolute atomic E-state index is 13.2. The number of rotatable bonds is 20. The van der Waals surface area contributed by atoms with Gasteiger partial charge in [0, 0.05) is 17.7 Å². The van der Waals surface area contributed by atoms with E-state index in [1.165, 1.54) is 95.2 Å². The minimum Gasteiger partial charge on any atom is -0.326 e. The number of carbonyl (C=O) groups excluding carboxylic acids is 2. The van der Waals surface area contributed by atoms with Crippen molar-refractivity contribution < 1.29 is 9.59 Å². The van der Waals surface area contributed by atoms with Crippen molar-refractivity contribution in [2.75, 3.05) is 5.32 Å². The molecule has 0 aliphatic heterocycles. The summed E-state index contributed by atoms with van der Waals surface area (Å²) in [4.78, 5) is 25.8. The Labute approximate surface area is 255 Å². The van der Waals surface area contributed by atoms with Crippen LogP contribution in [0.1, 0.15) is 126 Å². The summed E-state index contributed by atoms with van der Waals surface area (Å²) in [7, 11) is 0. The van der Waals surface area contributed by atoms with Gasteiger partial charge in [0.05, 0.1) is 10.9 Å². The number of amides is 1. The van der Waals surface area contributed by atoms with Crippen LogP contribution < -0.4 is 5.32 Å². The summed E-state index contributed by atoms with van der Waals surface area (Å²) in [5.41, 5.74) is 3.22. The molecule has 42 heavy (non-hydrogen) atoms. The van der Waals surface area contributed by atoms with Crippen LogP contribution in [0.2, 0.25) is 0 Å². The normalized spacial score (nSPS) is 14.3. The molecule has 3 aromatic rings. The molecule has 4 rings (SSSR count). The van der Waals surface area contributed by atoms with Gasteiger partial charge in [-0.25, -0.2) is 0 Å². The fourth-order valence-electron chi connectivity index (χ4n) is 5.61. The molecule has 1 aliphatic carbocycles. The summed E-state index contributed by atoms with van der Waals surface area (Å²) >= 11 is 1.38. The third-order valence-electron chi connectivity index (χ3n) is 8.05. The van der Waals surface area contributed by atoms with Crippen LogP contribution in [0.3, 0.4) is 0 Å². The highest BCUT2D eigenvalue weighted by molar-refractivity contribution is 8.00. The molecule has 1 aromatic heterocycles. The number of hydrogen-bond donors (Lipinski definition) is 1. The van der Waals surface area contributed by atoms with Crippen molar-refractivity contribution in [3.63, 3.8) is 0 Å². The van der Waals surface area contributed by atoms with Gasteiger partial charge >= 0.3 is 0 Å². The summed E-state index contributed by atoms with van der Waals surface area (Å²) in [5.74, 6) is 0.0687. The highest BCUT2D eigenvalue weighted by Gasteiger charge is 2.33. The standard InChI is InChI=1S/C34H47N5O2S/c1-2-3-4-5-6-7-8-9-10-11-12-13-14-15-19-22-32(40)35-28-24-23-27-25-31(33(41)30(27)26-28)42-34-36-37-38-39(34)29-20-17-16-18-21-29/h16-18,20-21,23-24,26,31H,2-15,19,22,25H2,1H3,(H,35,40)/t31-/m1/s1. The van der Waals surface area contributed by atoms with E-state index in [0.717, 1.165) is 24.1 Å². The van der Waals surface area contributed by atoms with Crippen molar-refractivity contribution >= 4 is 29.1 Å². The number of hydrogen-bond acceptors (Lipinski definition) is 6. The lowest BCUT2D eigenvalue weighted by Crippen LogP contribution is -2.14. The Balaban J connectivity index is 1.09. The highest BCUT2D eigenvalue weighted by Crippen LogP contribution is 2.35. The van der Waals surface area contributed by atoms with Crippen molar-refractivity contribution in [1.29, 1.82) is 0 Å². The van der Waals surface area contributed by atoms with Crippen molar-refractivity contribution in [1.82, 2.24) is 20.2 Å². The maximum Gasteiger partial charge on any atom is 0.224 e. The first-order valence-electron chi connectivity index (χ1n) is 16.1. The van der Waals surface area contributed by atoms with Gasteiger partial charge in [-0.15, -0.1) is 5.10 Å². The van der Waals surface area contributed by atoms with Crippen molar-refractivity contribution in [2.45, 2.75) is 126 Å². The Bertz CT molecular complexity index is 1250. The number of nitrogens with one attached hydrogen (secondary N) is 1. The molecule has 0 bridgehead atoms. The van der Waals surface area contributed by atoms with Gasteiger partial charge in [-0.2, -0.15) is 4.68 Å². The molecular weight excluding hydrogens is 542 g/mol. The van der Waals surface area contributed by atoms with E-state index >= 15 is 0 Å². The summed E-state index contributed by atoms with van der Waals surface area (Å²) in [6, 6.07) is 15.3. The first-order valence-corrected chi connectivity index (χ1v) is 17.0. The number of Topliss-reactive ketones (excluding diaryl/α,β-unsaturated/α-hetero) is 1. The number of carbonyl (C=O) groups is 2. The first kappa shape index (κ1) is 31.9. The molecule has 0 unspecified atom stereocenters. The predicted molar refractivity (Wildman–Crippen MR) is 171 cm³/mol. The van der Waals surface area contributed by atoms with Crippen LogP contribution in [-0.2, 0) is 11.2 Å². The quantitative estimate of drug-likeness (QED) is 0.133. The van der Waals surface area contributed by atoms with Gasteiger partial charge in [-0.3, -0.25) is 9.59 Å². The lowest BCUT2D eigenvalue weighted by atomic mass is 10.0. The Kier molecular flexibility index (Phi) is 13.6. The Hall–Kier alpha value is -3.00. The SMILES string of the molecule is CCCCCCCCCCCCCCCCCC(=O)Nc1ccc2c(c1)C(=O)[C@H](Sc1nnnn1-c1ccccc1)C2. The fourth-order valence-corrected chi connectivity index (χ4v) is 6.69. The van der Waals surface area contributed by atoms with Crippen LogP contribution in [0.15, 0.2) is 53.7 Å². The average Bonchev–Trinajstić information content (AvgIpc) is 3.59. The van der Waals surface area contributed by atoms with E-state index in [0.29, 0.717) is 29.2 Å². The molecule has 7 nitrogen and oxygen atoms in total. The zero-order valence-corrected chi connectivity index (χ0v) is 26.0. The number of unbranched alkanes of at least 4 members (excludes halogenated alkanes) is 14. The number of fused-ring (bicyclic) bond motifs is 1. The summed E-state index contributed by atoms with van der Waals surface area (Å²) in [5, 5.41) is 15.3. The van der Waals surface area contributed by atoms with Gasteiger partial charge in [0.2, 0.25) is 11.1 Å². The number of benzene rings is 2. The van der Waals surface area contributed by atoms with Crippen LogP contribution in [0, 0.1) is 0 Å². The van der Waals surface area contributed by atoms with Crippen molar-refractivity contribution in [3.05, 3.63) is 59.7 Å². The smallest absolute Gasteiger partial charge is 0.224 e. The predicted octanol–water partition coefficient (Wildman–Crippen LogP) is 8.76. The molecule has 2 aromatic carbocycles. The van der Waals surface area contributed by atoms with Gasteiger partial charge in [-0.1, -0.05) is 133 Å². The molecule has 8 heteroatoms. The van der Waals surface area contributed by atoms with Crippen LogP contribution >= 0.6 is 11.8 Å². The number of nitrogens with zero attached hydrogens (tertiary/aromatic N) is 4. The molecule has 0 radical (unpaired) electrons. The summed E-state index contributed by atoms with van der Waals surface area (Å²) in [6.07, 6.45) is 20.8. The second-order valence-corrected chi connectivity index (χ2v) is 12.7. The molecule has 1 N–H and O–H groups in total.